The highest BCUT2D eigenvalue weighted by Gasteiger charge is 2.11. The molecule has 1 heterocycles. The number of hydrogen-bond donors (Lipinski definition) is 2. The fourth-order valence-corrected chi connectivity index (χ4v) is 2.07. The van der Waals surface area contributed by atoms with Gasteiger partial charge in [0.05, 0.1) is 26.3 Å². The lowest BCUT2D eigenvalue weighted by Gasteiger charge is -2.11. The zero-order chi connectivity index (χ0) is 18.9. The summed E-state index contributed by atoms with van der Waals surface area (Å²) < 4.78 is 10.3. The fraction of sp³-hybridized carbons (Fsp3) is 0.222. The molecule has 0 saturated heterocycles. The lowest BCUT2D eigenvalue weighted by Crippen LogP contribution is -2.22. The number of carbonyl (C=O) groups is 2. The summed E-state index contributed by atoms with van der Waals surface area (Å²) in [6, 6.07) is 10.1. The molecule has 1 aromatic carbocycles. The Hall–Kier alpha value is -3.42. The van der Waals surface area contributed by atoms with E-state index in [0.29, 0.717) is 22.9 Å². The Morgan fingerprint density at radius 3 is 2.62 bits per heavy atom. The van der Waals surface area contributed by atoms with Gasteiger partial charge in [0.1, 0.15) is 17.2 Å². The van der Waals surface area contributed by atoms with E-state index in [1.54, 1.807) is 50.4 Å². The predicted molar refractivity (Wildman–Crippen MR) is 97.6 cm³/mol. The molecule has 0 aliphatic heterocycles. The molecule has 0 fully saturated rings. The summed E-state index contributed by atoms with van der Waals surface area (Å²) in [5.41, 5.74) is 3.58. The van der Waals surface area contributed by atoms with Crippen molar-refractivity contribution in [1.82, 2.24) is 10.4 Å². The van der Waals surface area contributed by atoms with E-state index in [0.717, 1.165) is 0 Å². The van der Waals surface area contributed by atoms with Crippen LogP contribution in [-0.4, -0.2) is 36.7 Å². The third-order valence-corrected chi connectivity index (χ3v) is 3.35. The number of anilines is 1. The molecule has 0 radical (unpaired) electrons. The number of pyridine rings is 1. The van der Waals surface area contributed by atoms with Gasteiger partial charge in [0.15, 0.2) is 0 Å². The molecule has 2 amide bonds. The van der Waals surface area contributed by atoms with Gasteiger partial charge in [0.2, 0.25) is 5.91 Å². The molecule has 0 saturated carbocycles. The van der Waals surface area contributed by atoms with Gasteiger partial charge < -0.3 is 14.8 Å². The first-order valence-corrected chi connectivity index (χ1v) is 7.80. The van der Waals surface area contributed by atoms with Gasteiger partial charge in [-0.2, -0.15) is 5.10 Å². The Kier molecular flexibility index (Phi) is 6.67. The summed E-state index contributed by atoms with van der Waals surface area (Å²) in [4.78, 5) is 27.9. The second kappa shape index (κ2) is 9.16. The third kappa shape index (κ3) is 5.30. The highest BCUT2D eigenvalue weighted by Crippen LogP contribution is 2.29. The van der Waals surface area contributed by atoms with Crippen molar-refractivity contribution < 1.29 is 19.1 Å². The third-order valence-electron chi connectivity index (χ3n) is 3.35. The zero-order valence-corrected chi connectivity index (χ0v) is 14.8. The molecule has 0 aliphatic carbocycles. The summed E-state index contributed by atoms with van der Waals surface area (Å²) in [5, 5.41) is 6.65. The van der Waals surface area contributed by atoms with Crippen molar-refractivity contribution in [2.24, 2.45) is 5.10 Å². The number of ether oxygens (including phenoxy) is 2. The average molecular weight is 356 g/mol. The Labute approximate surface area is 151 Å². The van der Waals surface area contributed by atoms with Gasteiger partial charge in [0, 0.05) is 18.0 Å². The maximum atomic E-state index is 12.2. The van der Waals surface area contributed by atoms with Crippen LogP contribution in [0.2, 0.25) is 0 Å². The molecule has 1 aromatic heterocycles. The van der Waals surface area contributed by atoms with Crippen LogP contribution in [0.3, 0.4) is 0 Å². The number of amides is 2. The topological polar surface area (TPSA) is 102 Å². The normalized spacial score (nSPS) is 10.8. The molecule has 0 unspecified atom stereocenters. The number of carbonyl (C=O) groups excluding carboxylic acids is 2. The molecular weight excluding hydrogens is 336 g/mol. The van der Waals surface area contributed by atoms with E-state index in [1.165, 1.54) is 13.3 Å². The minimum Gasteiger partial charge on any atom is -0.497 e. The highest BCUT2D eigenvalue weighted by atomic mass is 16.5. The quantitative estimate of drug-likeness (QED) is 0.585. The lowest BCUT2D eigenvalue weighted by atomic mass is 10.2. The highest BCUT2D eigenvalue weighted by molar-refractivity contribution is 6.06. The molecule has 26 heavy (non-hydrogen) atoms. The van der Waals surface area contributed by atoms with Gasteiger partial charge in [-0.3, -0.25) is 14.6 Å². The van der Waals surface area contributed by atoms with Crippen molar-refractivity contribution >= 4 is 23.2 Å². The van der Waals surface area contributed by atoms with Gasteiger partial charge in [-0.25, -0.2) is 5.43 Å². The van der Waals surface area contributed by atoms with Crippen LogP contribution in [0, 0.1) is 0 Å². The van der Waals surface area contributed by atoms with Crippen molar-refractivity contribution in [1.29, 1.82) is 0 Å². The second-order valence-corrected chi connectivity index (χ2v) is 5.29. The van der Waals surface area contributed by atoms with Crippen molar-refractivity contribution in [2.75, 3.05) is 19.5 Å². The molecule has 8 heteroatoms. The van der Waals surface area contributed by atoms with Crippen LogP contribution in [0.4, 0.5) is 5.69 Å². The average Bonchev–Trinajstić information content (AvgIpc) is 2.67. The molecule has 0 bridgehead atoms. The van der Waals surface area contributed by atoms with Crippen LogP contribution in [-0.2, 0) is 4.79 Å². The van der Waals surface area contributed by atoms with Crippen molar-refractivity contribution in [3.8, 4) is 11.5 Å². The molecule has 8 nitrogen and oxygen atoms in total. The number of benzene rings is 1. The van der Waals surface area contributed by atoms with E-state index in [-0.39, 0.29) is 18.0 Å². The van der Waals surface area contributed by atoms with E-state index < -0.39 is 5.91 Å². The molecule has 2 N–H and O–H groups in total. The Bertz CT molecular complexity index is 806. The van der Waals surface area contributed by atoms with Crippen LogP contribution in [0.1, 0.15) is 23.8 Å². The van der Waals surface area contributed by atoms with Crippen LogP contribution in [0.25, 0.3) is 0 Å². The number of hydrogen-bond acceptors (Lipinski definition) is 6. The van der Waals surface area contributed by atoms with Crippen LogP contribution in [0.15, 0.2) is 47.7 Å². The maximum absolute atomic E-state index is 12.2. The van der Waals surface area contributed by atoms with E-state index in [1.807, 2.05) is 0 Å². The van der Waals surface area contributed by atoms with Crippen LogP contribution < -0.4 is 20.2 Å². The van der Waals surface area contributed by atoms with Crippen molar-refractivity contribution in [3.63, 3.8) is 0 Å². The number of hydrazone groups is 1. The molecule has 2 aromatic rings. The fourth-order valence-electron chi connectivity index (χ4n) is 2.07. The molecule has 0 atom stereocenters. The van der Waals surface area contributed by atoms with Crippen LogP contribution >= 0.6 is 0 Å². The second-order valence-electron chi connectivity index (χ2n) is 5.29. The number of rotatable bonds is 7. The SMILES string of the molecule is COc1ccc(NC(=O)C/C(C)=N\NC(=O)c2ccccn2)c(OC)c1. The molecule has 0 spiro atoms. The van der Waals surface area contributed by atoms with Crippen molar-refractivity contribution in [3.05, 3.63) is 48.3 Å². The standard InChI is InChI=1S/C18H20N4O4/c1-12(21-22-18(24)15-6-4-5-9-19-15)10-17(23)20-14-8-7-13(25-2)11-16(14)26-3/h4-9,11H,10H2,1-3H3,(H,20,23)(H,22,24)/b21-12-. The Morgan fingerprint density at radius 2 is 1.96 bits per heavy atom. The summed E-state index contributed by atoms with van der Waals surface area (Å²) in [6.07, 6.45) is 1.53. The number of nitrogens with one attached hydrogen (secondary N) is 2. The smallest absolute Gasteiger partial charge is 0.289 e. The largest absolute Gasteiger partial charge is 0.497 e. The number of methoxy groups -OCH3 is 2. The lowest BCUT2D eigenvalue weighted by molar-refractivity contribution is -0.115. The van der Waals surface area contributed by atoms with Gasteiger partial charge >= 0.3 is 0 Å². The summed E-state index contributed by atoms with van der Waals surface area (Å²) in [6.45, 7) is 1.64. The van der Waals surface area contributed by atoms with E-state index in [4.69, 9.17) is 9.47 Å². The Balaban J connectivity index is 1.93. The zero-order valence-electron chi connectivity index (χ0n) is 14.8. The van der Waals surface area contributed by atoms with Gasteiger partial charge in [-0.15, -0.1) is 0 Å². The summed E-state index contributed by atoms with van der Waals surface area (Å²) in [5.74, 6) is 0.370. The number of aromatic nitrogens is 1. The molecule has 2 rings (SSSR count). The molecule has 136 valence electrons. The van der Waals surface area contributed by atoms with Gasteiger partial charge in [-0.05, 0) is 31.2 Å². The van der Waals surface area contributed by atoms with E-state index in [2.05, 4.69) is 20.8 Å². The maximum Gasteiger partial charge on any atom is 0.289 e. The van der Waals surface area contributed by atoms with E-state index in [9.17, 15) is 9.59 Å². The summed E-state index contributed by atoms with van der Waals surface area (Å²) in [7, 11) is 3.05. The van der Waals surface area contributed by atoms with Crippen LogP contribution in [0.5, 0.6) is 11.5 Å². The molecule has 0 aliphatic rings. The molecular formula is C18H20N4O4. The van der Waals surface area contributed by atoms with Crippen molar-refractivity contribution in [2.45, 2.75) is 13.3 Å². The number of nitrogens with zero attached hydrogens (tertiary/aromatic N) is 2. The first-order valence-electron chi connectivity index (χ1n) is 7.80. The van der Waals surface area contributed by atoms with Gasteiger partial charge in [-0.1, -0.05) is 6.07 Å². The minimum atomic E-state index is -0.442. The minimum absolute atomic E-state index is 0.0116. The summed E-state index contributed by atoms with van der Waals surface area (Å²) >= 11 is 0. The van der Waals surface area contributed by atoms with Gasteiger partial charge in [0.25, 0.3) is 5.91 Å². The van der Waals surface area contributed by atoms with E-state index >= 15 is 0 Å². The first kappa shape index (κ1) is 18.9. The first-order chi connectivity index (χ1) is 12.5. The predicted octanol–water partition coefficient (Wildman–Crippen LogP) is 2.23. The monoisotopic (exact) mass is 356 g/mol. The Morgan fingerprint density at radius 1 is 1.15 bits per heavy atom.